The number of nitrogens with zero attached hydrogens (tertiary/aromatic N) is 3. The van der Waals surface area contributed by atoms with E-state index in [1.807, 2.05) is 6.92 Å². The predicted molar refractivity (Wildman–Crippen MR) is 34.6 cm³/mol. The lowest BCUT2D eigenvalue weighted by Crippen LogP contribution is -1.95. The zero-order valence-corrected chi connectivity index (χ0v) is 5.52. The van der Waals surface area contributed by atoms with Crippen molar-refractivity contribution in [1.29, 1.82) is 0 Å². The normalized spacial score (nSPS) is 9.70. The van der Waals surface area contributed by atoms with E-state index in [-0.39, 0.29) is 5.82 Å². The first kappa shape index (κ1) is 6.73. The Morgan fingerprint density at radius 3 is 2.90 bits per heavy atom. The molecule has 0 bridgehead atoms. The van der Waals surface area contributed by atoms with Crippen LogP contribution in [0.2, 0.25) is 0 Å². The fourth-order valence-electron chi connectivity index (χ4n) is 0.624. The first-order chi connectivity index (χ1) is 4.74. The Hall–Kier alpha value is -1.39. The topological polar surface area (TPSA) is 61.0 Å². The molecule has 0 amide bonds. The van der Waals surface area contributed by atoms with Crippen LogP contribution in [0.15, 0.2) is 12.3 Å². The van der Waals surface area contributed by atoms with Gasteiger partial charge in [0.15, 0.2) is 0 Å². The third kappa shape index (κ3) is 1.12. The zero-order chi connectivity index (χ0) is 7.56. The Morgan fingerprint density at radius 2 is 2.60 bits per heavy atom. The summed E-state index contributed by atoms with van der Waals surface area (Å²) < 4.78 is 1.51. The number of hydrogen-bond acceptors (Lipinski definition) is 3. The molecule has 0 saturated carbocycles. The molecule has 1 aromatic rings. The Kier molecular flexibility index (Phi) is 1.66. The van der Waals surface area contributed by atoms with Gasteiger partial charge in [-0.2, -0.15) is 4.68 Å². The van der Waals surface area contributed by atoms with Crippen molar-refractivity contribution < 1.29 is 4.92 Å². The van der Waals surface area contributed by atoms with Gasteiger partial charge in [-0.25, -0.2) is 0 Å². The maximum absolute atomic E-state index is 10.1. The number of rotatable bonds is 2. The molecule has 0 aromatic carbocycles. The highest BCUT2D eigenvalue weighted by Crippen LogP contribution is 2.04. The molecule has 54 valence electrons. The van der Waals surface area contributed by atoms with Crippen molar-refractivity contribution in [2.24, 2.45) is 0 Å². The SMILES string of the molecule is CCn1ccc([N+](=O)[O-])n1. The van der Waals surface area contributed by atoms with Gasteiger partial charge in [-0.1, -0.05) is 0 Å². The molecule has 0 fully saturated rings. The lowest BCUT2D eigenvalue weighted by Gasteiger charge is -1.84. The largest absolute Gasteiger partial charge is 0.389 e. The van der Waals surface area contributed by atoms with Crippen LogP contribution in [-0.4, -0.2) is 14.7 Å². The van der Waals surface area contributed by atoms with Crippen LogP contribution in [0.1, 0.15) is 6.92 Å². The van der Waals surface area contributed by atoms with Gasteiger partial charge in [0.2, 0.25) is 0 Å². The highest BCUT2D eigenvalue weighted by atomic mass is 16.6. The van der Waals surface area contributed by atoms with Crippen molar-refractivity contribution in [3.05, 3.63) is 22.4 Å². The minimum absolute atomic E-state index is 0.0955. The van der Waals surface area contributed by atoms with E-state index < -0.39 is 4.92 Å². The molecule has 1 rings (SSSR count). The van der Waals surface area contributed by atoms with E-state index in [1.54, 1.807) is 6.20 Å². The van der Waals surface area contributed by atoms with Crippen molar-refractivity contribution in [2.45, 2.75) is 13.5 Å². The molecule has 0 spiro atoms. The van der Waals surface area contributed by atoms with Gasteiger partial charge in [0, 0.05) is 0 Å². The maximum Gasteiger partial charge on any atom is 0.389 e. The monoisotopic (exact) mass is 141 g/mol. The van der Waals surface area contributed by atoms with Crippen LogP contribution >= 0.6 is 0 Å². The van der Waals surface area contributed by atoms with Gasteiger partial charge in [0.05, 0.1) is 23.9 Å². The quantitative estimate of drug-likeness (QED) is 0.452. The molecule has 5 nitrogen and oxygen atoms in total. The molecule has 0 N–H and O–H groups in total. The van der Waals surface area contributed by atoms with Crippen LogP contribution in [0.5, 0.6) is 0 Å². The summed E-state index contributed by atoms with van der Waals surface area (Å²) in [5.74, 6) is -0.0955. The summed E-state index contributed by atoms with van der Waals surface area (Å²) in [6, 6.07) is 1.38. The summed E-state index contributed by atoms with van der Waals surface area (Å²) >= 11 is 0. The zero-order valence-electron chi connectivity index (χ0n) is 5.52. The molecular weight excluding hydrogens is 134 g/mol. The Bertz CT molecular complexity index is 243. The number of hydrogen-bond donors (Lipinski definition) is 0. The summed E-state index contributed by atoms with van der Waals surface area (Å²) in [5.41, 5.74) is 0. The molecule has 0 unspecified atom stereocenters. The van der Waals surface area contributed by atoms with Gasteiger partial charge in [0.25, 0.3) is 0 Å². The predicted octanol–water partition coefficient (Wildman–Crippen LogP) is 0.811. The lowest BCUT2D eigenvalue weighted by molar-refractivity contribution is -0.389. The third-order valence-electron chi connectivity index (χ3n) is 1.14. The second kappa shape index (κ2) is 2.47. The second-order valence-corrected chi connectivity index (χ2v) is 1.79. The Balaban J connectivity index is 2.88. The van der Waals surface area contributed by atoms with Crippen LogP contribution in [0.25, 0.3) is 0 Å². The average molecular weight is 141 g/mol. The standard InChI is InChI=1S/C5H7N3O2/c1-2-7-4-3-5(6-7)8(9)10/h3-4H,2H2,1H3. The minimum Gasteiger partial charge on any atom is -0.358 e. The fraction of sp³-hybridized carbons (Fsp3) is 0.400. The Labute approximate surface area is 57.4 Å². The van der Waals surface area contributed by atoms with E-state index in [2.05, 4.69) is 5.10 Å². The van der Waals surface area contributed by atoms with Gasteiger partial charge in [-0.15, -0.1) is 0 Å². The summed E-state index contributed by atoms with van der Waals surface area (Å²) in [6.45, 7) is 2.53. The molecule has 0 saturated heterocycles. The molecule has 0 aliphatic rings. The van der Waals surface area contributed by atoms with Gasteiger partial charge < -0.3 is 10.1 Å². The van der Waals surface area contributed by atoms with E-state index in [0.717, 1.165) is 0 Å². The molecule has 1 heterocycles. The van der Waals surface area contributed by atoms with Gasteiger partial charge in [-0.05, 0) is 11.8 Å². The maximum atomic E-state index is 10.1. The van der Waals surface area contributed by atoms with Crippen LogP contribution in [0, 0.1) is 10.1 Å². The lowest BCUT2D eigenvalue weighted by atomic mass is 10.6. The van der Waals surface area contributed by atoms with Gasteiger partial charge in [0.1, 0.15) is 0 Å². The first-order valence-corrected chi connectivity index (χ1v) is 2.92. The van der Waals surface area contributed by atoms with E-state index in [9.17, 15) is 10.1 Å². The van der Waals surface area contributed by atoms with Crippen molar-refractivity contribution in [3.63, 3.8) is 0 Å². The molecule has 10 heavy (non-hydrogen) atoms. The molecule has 5 heteroatoms. The van der Waals surface area contributed by atoms with Gasteiger partial charge >= 0.3 is 5.82 Å². The third-order valence-corrected chi connectivity index (χ3v) is 1.14. The summed E-state index contributed by atoms with van der Waals surface area (Å²) in [7, 11) is 0. The van der Waals surface area contributed by atoms with Crippen molar-refractivity contribution in [1.82, 2.24) is 9.78 Å². The van der Waals surface area contributed by atoms with Crippen LogP contribution in [0.4, 0.5) is 5.82 Å². The van der Waals surface area contributed by atoms with Gasteiger partial charge in [-0.3, -0.25) is 0 Å². The molecule has 0 atom stereocenters. The summed E-state index contributed by atoms with van der Waals surface area (Å²) in [5, 5.41) is 13.7. The smallest absolute Gasteiger partial charge is 0.358 e. The summed E-state index contributed by atoms with van der Waals surface area (Å²) in [6.07, 6.45) is 1.58. The van der Waals surface area contributed by atoms with E-state index >= 15 is 0 Å². The van der Waals surface area contributed by atoms with Crippen LogP contribution < -0.4 is 0 Å². The Morgan fingerprint density at radius 1 is 1.90 bits per heavy atom. The number of aryl methyl sites for hydroxylation is 1. The highest BCUT2D eigenvalue weighted by molar-refractivity contribution is 5.13. The minimum atomic E-state index is -0.508. The van der Waals surface area contributed by atoms with Crippen LogP contribution in [-0.2, 0) is 6.54 Å². The average Bonchev–Trinajstić information content (AvgIpc) is 2.34. The molecule has 0 aliphatic heterocycles. The van der Waals surface area contributed by atoms with Crippen molar-refractivity contribution in [3.8, 4) is 0 Å². The van der Waals surface area contributed by atoms with E-state index in [0.29, 0.717) is 6.54 Å². The number of nitro groups is 1. The van der Waals surface area contributed by atoms with Crippen molar-refractivity contribution >= 4 is 5.82 Å². The van der Waals surface area contributed by atoms with Crippen LogP contribution in [0.3, 0.4) is 0 Å². The second-order valence-electron chi connectivity index (χ2n) is 1.79. The van der Waals surface area contributed by atoms with Crippen molar-refractivity contribution in [2.75, 3.05) is 0 Å². The molecule has 1 aromatic heterocycles. The summed E-state index contributed by atoms with van der Waals surface area (Å²) in [4.78, 5) is 9.55. The fourth-order valence-corrected chi connectivity index (χ4v) is 0.624. The number of aromatic nitrogens is 2. The molecule has 0 radical (unpaired) electrons. The molecular formula is C5H7N3O2. The van der Waals surface area contributed by atoms with E-state index in [4.69, 9.17) is 0 Å². The molecule has 0 aliphatic carbocycles. The highest BCUT2D eigenvalue weighted by Gasteiger charge is 2.08. The van der Waals surface area contributed by atoms with E-state index in [1.165, 1.54) is 10.7 Å². The first-order valence-electron chi connectivity index (χ1n) is 2.92.